The summed E-state index contributed by atoms with van der Waals surface area (Å²) in [5.41, 5.74) is 8.30. The summed E-state index contributed by atoms with van der Waals surface area (Å²) < 4.78 is 5.38. The molecule has 2 heterocycles. The minimum atomic E-state index is -0.342. The van der Waals surface area contributed by atoms with Crippen LogP contribution in [0.3, 0.4) is 0 Å². The Morgan fingerprint density at radius 1 is 1.00 bits per heavy atom. The van der Waals surface area contributed by atoms with Crippen molar-refractivity contribution in [3.63, 3.8) is 0 Å². The number of hydrogen-bond acceptors (Lipinski definition) is 4. The van der Waals surface area contributed by atoms with Crippen LogP contribution in [0.2, 0.25) is 0 Å². The number of primary amides is 1. The average Bonchev–Trinajstić information content (AvgIpc) is 2.56. The summed E-state index contributed by atoms with van der Waals surface area (Å²) >= 11 is 0. The van der Waals surface area contributed by atoms with Crippen molar-refractivity contribution in [3.05, 3.63) is 23.8 Å². The van der Waals surface area contributed by atoms with Crippen molar-refractivity contribution in [1.29, 1.82) is 0 Å². The first kappa shape index (κ1) is 14.2. The van der Waals surface area contributed by atoms with E-state index in [4.69, 9.17) is 10.5 Å². The van der Waals surface area contributed by atoms with Gasteiger partial charge in [-0.3, -0.25) is 4.79 Å². The van der Waals surface area contributed by atoms with Crippen molar-refractivity contribution in [3.8, 4) is 0 Å². The predicted molar refractivity (Wildman–Crippen MR) is 84.1 cm³/mol. The maximum Gasteiger partial charge on any atom is 0.250 e. The summed E-state index contributed by atoms with van der Waals surface area (Å²) in [4.78, 5) is 16.4. The Hall–Kier alpha value is -1.75. The van der Waals surface area contributed by atoms with Crippen molar-refractivity contribution < 1.29 is 9.53 Å². The summed E-state index contributed by atoms with van der Waals surface area (Å²) in [6.45, 7) is 5.22. The molecular weight excluding hydrogens is 266 g/mol. The molecule has 2 saturated heterocycles. The minimum absolute atomic E-state index is 0.342. The zero-order valence-electron chi connectivity index (χ0n) is 12.4. The molecule has 5 heteroatoms. The van der Waals surface area contributed by atoms with E-state index in [0.717, 1.165) is 50.8 Å². The molecule has 5 nitrogen and oxygen atoms in total. The average molecular weight is 289 g/mol. The SMILES string of the molecule is NC(=O)c1cc(N2CCOCC2)ccc1N1CCCCC1. The van der Waals surface area contributed by atoms with Crippen molar-refractivity contribution >= 4 is 17.3 Å². The Kier molecular flexibility index (Phi) is 4.29. The highest BCUT2D eigenvalue weighted by Crippen LogP contribution is 2.28. The largest absolute Gasteiger partial charge is 0.378 e. The number of hydrogen-bond donors (Lipinski definition) is 1. The molecule has 2 aliphatic heterocycles. The number of amides is 1. The van der Waals surface area contributed by atoms with Gasteiger partial charge in [0.15, 0.2) is 0 Å². The Morgan fingerprint density at radius 3 is 2.38 bits per heavy atom. The fourth-order valence-electron chi connectivity index (χ4n) is 3.15. The second kappa shape index (κ2) is 6.35. The van der Waals surface area contributed by atoms with Gasteiger partial charge >= 0.3 is 0 Å². The predicted octanol–water partition coefficient (Wildman–Crippen LogP) is 1.61. The third-order valence-electron chi connectivity index (χ3n) is 4.32. The monoisotopic (exact) mass is 289 g/mol. The molecule has 1 amide bonds. The Balaban J connectivity index is 1.88. The Labute approximate surface area is 125 Å². The van der Waals surface area contributed by atoms with Gasteiger partial charge in [0.05, 0.1) is 18.8 Å². The molecule has 21 heavy (non-hydrogen) atoms. The van der Waals surface area contributed by atoms with Gasteiger partial charge in [-0.2, -0.15) is 0 Å². The highest BCUT2D eigenvalue weighted by Gasteiger charge is 2.19. The first-order valence-electron chi connectivity index (χ1n) is 7.77. The molecule has 3 rings (SSSR count). The van der Waals surface area contributed by atoms with E-state index in [9.17, 15) is 4.79 Å². The second-order valence-electron chi connectivity index (χ2n) is 5.71. The van der Waals surface area contributed by atoms with Crippen LogP contribution in [0.25, 0.3) is 0 Å². The molecule has 0 spiro atoms. The van der Waals surface area contributed by atoms with E-state index < -0.39 is 0 Å². The summed E-state index contributed by atoms with van der Waals surface area (Å²) in [7, 11) is 0. The van der Waals surface area contributed by atoms with Crippen LogP contribution in [0.4, 0.5) is 11.4 Å². The third-order valence-corrected chi connectivity index (χ3v) is 4.32. The Morgan fingerprint density at radius 2 is 1.71 bits per heavy atom. The van der Waals surface area contributed by atoms with Gasteiger partial charge in [0.25, 0.3) is 5.91 Å². The van der Waals surface area contributed by atoms with Gasteiger partial charge in [-0.25, -0.2) is 0 Å². The van der Waals surface area contributed by atoms with Gasteiger partial charge < -0.3 is 20.3 Å². The summed E-state index contributed by atoms with van der Waals surface area (Å²) in [6, 6.07) is 6.09. The lowest BCUT2D eigenvalue weighted by atomic mass is 10.1. The molecule has 0 saturated carbocycles. The van der Waals surface area contributed by atoms with Gasteiger partial charge in [0.1, 0.15) is 0 Å². The van der Waals surface area contributed by atoms with Crippen LogP contribution in [0.1, 0.15) is 29.6 Å². The van der Waals surface area contributed by atoms with E-state index in [1.807, 2.05) is 6.07 Å². The van der Waals surface area contributed by atoms with E-state index in [2.05, 4.69) is 21.9 Å². The maximum atomic E-state index is 11.9. The molecule has 114 valence electrons. The fraction of sp³-hybridized carbons (Fsp3) is 0.562. The van der Waals surface area contributed by atoms with Crippen molar-refractivity contribution in [2.24, 2.45) is 5.73 Å². The third kappa shape index (κ3) is 3.13. The van der Waals surface area contributed by atoms with E-state index in [0.29, 0.717) is 5.56 Å². The first-order valence-corrected chi connectivity index (χ1v) is 7.77. The lowest BCUT2D eigenvalue weighted by Crippen LogP contribution is -2.36. The second-order valence-corrected chi connectivity index (χ2v) is 5.71. The molecule has 0 atom stereocenters. The number of piperidine rings is 1. The number of anilines is 2. The van der Waals surface area contributed by atoms with Crippen LogP contribution < -0.4 is 15.5 Å². The number of ether oxygens (including phenoxy) is 1. The zero-order valence-corrected chi connectivity index (χ0v) is 12.4. The number of carbonyl (C=O) groups is 1. The minimum Gasteiger partial charge on any atom is -0.378 e. The number of rotatable bonds is 3. The molecule has 2 aliphatic rings. The number of morpholine rings is 1. The van der Waals surface area contributed by atoms with Crippen molar-refractivity contribution in [2.75, 3.05) is 49.2 Å². The summed E-state index contributed by atoms with van der Waals surface area (Å²) in [5.74, 6) is -0.342. The van der Waals surface area contributed by atoms with E-state index in [-0.39, 0.29) is 5.91 Å². The maximum absolute atomic E-state index is 11.9. The molecular formula is C16H23N3O2. The van der Waals surface area contributed by atoms with Crippen LogP contribution in [-0.2, 0) is 4.74 Å². The molecule has 2 fully saturated rings. The van der Waals surface area contributed by atoms with E-state index in [1.54, 1.807) is 0 Å². The standard InChI is InChI=1S/C16H23N3O2/c17-16(20)14-12-13(18-8-10-21-11-9-18)4-5-15(14)19-6-2-1-3-7-19/h4-5,12H,1-3,6-11H2,(H2,17,20). The van der Waals surface area contributed by atoms with E-state index >= 15 is 0 Å². The summed E-state index contributed by atoms with van der Waals surface area (Å²) in [5, 5.41) is 0. The highest BCUT2D eigenvalue weighted by atomic mass is 16.5. The van der Waals surface area contributed by atoms with Crippen molar-refractivity contribution in [2.45, 2.75) is 19.3 Å². The number of carbonyl (C=O) groups excluding carboxylic acids is 1. The van der Waals surface area contributed by atoms with Crippen LogP contribution in [0.15, 0.2) is 18.2 Å². The van der Waals surface area contributed by atoms with Gasteiger partial charge in [-0.15, -0.1) is 0 Å². The topological polar surface area (TPSA) is 58.8 Å². The van der Waals surface area contributed by atoms with Gasteiger partial charge in [-0.05, 0) is 37.5 Å². The lowest BCUT2D eigenvalue weighted by Gasteiger charge is -2.32. The van der Waals surface area contributed by atoms with Crippen LogP contribution in [0, 0.1) is 0 Å². The molecule has 0 bridgehead atoms. The molecule has 0 aromatic heterocycles. The fourth-order valence-corrected chi connectivity index (χ4v) is 3.15. The summed E-state index contributed by atoms with van der Waals surface area (Å²) in [6.07, 6.45) is 3.64. The molecule has 1 aromatic carbocycles. The van der Waals surface area contributed by atoms with Gasteiger partial charge in [0, 0.05) is 37.6 Å². The molecule has 2 N–H and O–H groups in total. The van der Waals surface area contributed by atoms with Crippen LogP contribution in [0.5, 0.6) is 0 Å². The van der Waals surface area contributed by atoms with E-state index in [1.165, 1.54) is 19.3 Å². The molecule has 0 aliphatic carbocycles. The quantitative estimate of drug-likeness (QED) is 0.918. The number of nitrogens with zero attached hydrogens (tertiary/aromatic N) is 2. The smallest absolute Gasteiger partial charge is 0.250 e. The zero-order chi connectivity index (χ0) is 14.7. The van der Waals surface area contributed by atoms with Crippen LogP contribution in [-0.4, -0.2) is 45.3 Å². The molecule has 0 unspecified atom stereocenters. The van der Waals surface area contributed by atoms with Gasteiger partial charge in [-0.1, -0.05) is 0 Å². The van der Waals surface area contributed by atoms with Gasteiger partial charge in [0.2, 0.25) is 0 Å². The highest BCUT2D eigenvalue weighted by molar-refractivity contribution is 5.99. The number of nitrogens with two attached hydrogens (primary N) is 1. The normalized spacial score (nSPS) is 19.6. The lowest BCUT2D eigenvalue weighted by molar-refractivity contribution is 0.100. The molecule has 1 aromatic rings. The first-order chi connectivity index (χ1) is 10.3. The Bertz CT molecular complexity index is 506. The molecule has 0 radical (unpaired) electrons. The van der Waals surface area contributed by atoms with Crippen LogP contribution >= 0.6 is 0 Å². The number of benzene rings is 1. The van der Waals surface area contributed by atoms with Crippen molar-refractivity contribution in [1.82, 2.24) is 0 Å².